The van der Waals surface area contributed by atoms with E-state index in [9.17, 15) is 23.4 Å². The van der Waals surface area contributed by atoms with Crippen LogP contribution in [0, 0.1) is 52.3 Å². The van der Waals surface area contributed by atoms with Crippen molar-refractivity contribution in [1.82, 2.24) is 10.0 Å². The lowest BCUT2D eigenvalue weighted by Crippen LogP contribution is -2.62. The molecule has 0 spiro atoms. The van der Waals surface area contributed by atoms with Gasteiger partial charge in [0.05, 0.1) is 17.1 Å². The molecule has 0 heterocycles. The van der Waals surface area contributed by atoms with Crippen LogP contribution in [-0.2, 0) is 15.4 Å². The number of aliphatic hydroxyl groups is 2. The molecule has 4 fully saturated rings. The zero-order chi connectivity index (χ0) is 32.9. The molecule has 254 valence electrons. The number of aliphatic hydroxyl groups excluding tert-OH is 2. The van der Waals surface area contributed by atoms with Crippen LogP contribution < -0.4 is 10.0 Å². The van der Waals surface area contributed by atoms with Crippen molar-refractivity contribution in [3.8, 4) is 0 Å². The average Bonchev–Trinajstić information content (AvgIpc) is 3.33. The van der Waals surface area contributed by atoms with Gasteiger partial charge < -0.3 is 15.5 Å². The quantitative estimate of drug-likeness (QED) is 0.227. The Kier molecular flexibility index (Phi) is 9.84. The molecule has 4 N–H and O–H groups in total. The predicted molar refractivity (Wildman–Crippen MR) is 179 cm³/mol. The Morgan fingerprint density at radius 1 is 0.978 bits per heavy atom. The maximum absolute atomic E-state index is 12.8. The van der Waals surface area contributed by atoms with Crippen LogP contribution in [-0.4, -0.2) is 43.4 Å². The third-order valence-electron chi connectivity index (χ3n) is 13.5. The number of nitrogens with one attached hydrogen (secondary N) is 2. The van der Waals surface area contributed by atoms with Crippen molar-refractivity contribution < 1.29 is 23.4 Å². The SMILES string of the molecule is CC[C@H]1[C@@H](O)[C@@H]2[C@H](CC[C@]3(C)[C@@H]([C@H](C)CCCNC(=O)NS(=O)(=O)c4ccc(C(C)(C)C)cc4)CC[C@@H]23)[C@@]2(C)CC[C@@H](O)C[C@@H]12. The van der Waals surface area contributed by atoms with Crippen LogP contribution in [0.15, 0.2) is 29.2 Å². The monoisotopic (exact) mass is 644 g/mol. The number of carbonyl (C=O) groups is 1. The summed E-state index contributed by atoms with van der Waals surface area (Å²) in [4.78, 5) is 12.6. The van der Waals surface area contributed by atoms with Gasteiger partial charge in [0.2, 0.25) is 0 Å². The van der Waals surface area contributed by atoms with E-state index in [0.29, 0.717) is 42.1 Å². The number of sulfonamides is 1. The van der Waals surface area contributed by atoms with Crippen LogP contribution >= 0.6 is 0 Å². The summed E-state index contributed by atoms with van der Waals surface area (Å²) in [5.74, 6) is 3.17. The summed E-state index contributed by atoms with van der Waals surface area (Å²) in [7, 11) is -3.94. The molecule has 0 bridgehead atoms. The summed E-state index contributed by atoms with van der Waals surface area (Å²) in [5, 5.41) is 25.3. The minimum absolute atomic E-state index is 0.0805. The lowest BCUT2D eigenvalue weighted by molar-refractivity contribution is -0.203. The standard InChI is InChI=1S/C37H60N2O5S/c1-8-27-31-22-25(40)17-19-37(31,7)30-18-20-36(6)28(15-16-29(36)32(30)33(27)41)23(2)10-9-21-38-34(42)39-45(43,44)26-13-11-24(12-14-26)35(3,4)5/h11-14,23,25,27-33,40-41H,8-10,15-22H2,1-7H3,(H2,38,39,42)/t23-,25-,27-,28-,29+,30+,31+,32+,33-,36-,37-/m1/s1. The molecule has 45 heavy (non-hydrogen) atoms. The highest BCUT2D eigenvalue weighted by Crippen LogP contribution is 2.69. The van der Waals surface area contributed by atoms with E-state index < -0.39 is 16.1 Å². The number of fused-ring (bicyclic) bond motifs is 5. The van der Waals surface area contributed by atoms with Crippen molar-refractivity contribution in [1.29, 1.82) is 0 Å². The first kappa shape index (κ1) is 34.7. The molecule has 0 aromatic heterocycles. The molecule has 0 saturated heterocycles. The van der Waals surface area contributed by atoms with E-state index in [-0.39, 0.29) is 39.3 Å². The average molecular weight is 645 g/mol. The van der Waals surface area contributed by atoms with Crippen molar-refractivity contribution in [2.75, 3.05) is 6.54 Å². The normalized spacial score (nSPS) is 38.9. The summed E-state index contributed by atoms with van der Waals surface area (Å²) in [6.45, 7) is 16.2. The molecule has 4 aliphatic carbocycles. The highest BCUT2D eigenvalue weighted by molar-refractivity contribution is 7.90. The molecule has 5 rings (SSSR count). The summed E-state index contributed by atoms with van der Waals surface area (Å²) in [5.41, 5.74) is 1.37. The van der Waals surface area contributed by atoms with Crippen LogP contribution in [0.1, 0.15) is 118 Å². The molecule has 0 radical (unpaired) electrons. The Morgan fingerprint density at radius 2 is 1.62 bits per heavy atom. The van der Waals surface area contributed by atoms with Crippen LogP contribution in [0.2, 0.25) is 0 Å². The van der Waals surface area contributed by atoms with Crippen molar-refractivity contribution in [3.05, 3.63) is 29.8 Å². The summed E-state index contributed by atoms with van der Waals surface area (Å²) < 4.78 is 27.7. The number of benzene rings is 1. The maximum Gasteiger partial charge on any atom is 0.328 e. The molecule has 8 heteroatoms. The first-order valence-electron chi connectivity index (χ1n) is 17.8. The smallest absolute Gasteiger partial charge is 0.328 e. The Morgan fingerprint density at radius 3 is 2.27 bits per heavy atom. The highest BCUT2D eigenvalue weighted by atomic mass is 32.2. The van der Waals surface area contributed by atoms with E-state index in [4.69, 9.17) is 0 Å². The number of amides is 2. The number of urea groups is 1. The third kappa shape index (κ3) is 6.46. The van der Waals surface area contributed by atoms with Gasteiger partial charge in [0.1, 0.15) is 0 Å². The Labute approximate surface area is 272 Å². The lowest BCUT2D eigenvalue weighted by atomic mass is 9.41. The van der Waals surface area contributed by atoms with Gasteiger partial charge in [0.15, 0.2) is 0 Å². The zero-order valence-corrected chi connectivity index (χ0v) is 29.6. The predicted octanol–water partition coefficient (Wildman–Crippen LogP) is 7.02. The van der Waals surface area contributed by atoms with Crippen molar-refractivity contribution in [2.24, 2.45) is 52.3 Å². The van der Waals surface area contributed by atoms with Gasteiger partial charge in [-0.3, -0.25) is 0 Å². The van der Waals surface area contributed by atoms with Gasteiger partial charge in [0, 0.05) is 6.54 Å². The number of carbonyl (C=O) groups excluding carboxylic acids is 1. The number of hydrogen-bond donors (Lipinski definition) is 4. The lowest BCUT2D eigenvalue weighted by Gasteiger charge is -2.64. The molecular formula is C37H60N2O5S. The van der Waals surface area contributed by atoms with Crippen LogP contribution in [0.4, 0.5) is 4.79 Å². The van der Waals surface area contributed by atoms with E-state index in [1.807, 2.05) is 0 Å². The van der Waals surface area contributed by atoms with E-state index in [1.165, 1.54) is 25.7 Å². The minimum atomic E-state index is -3.94. The van der Waals surface area contributed by atoms with Crippen molar-refractivity contribution in [2.45, 2.75) is 135 Å². The zero-order valence-electron chi connectivity index (χ0n) is 28.8. The molecule has 4 saturated carbocycles. The van der Waals surface area contributed by atoms with E-state index in [2.05, 4.69) is 58.5 Å². The fourth-order valence-electron chi connectivity index (χ4n) is 11.1. The van der Waals surface area contributed by atoms with Gasteiger partial charge in [-0.15, -0.1) is 0 Å². The molecular weight excluding hydrogens is 584 g/mol. The van der Waals surface area contributed by atoms with Gasteiger partial charge in [-0.05, 0) is 133 Å². The highest BCUT2D eigenvalue weighted by Gasteiger charge is 2.64. The Balaban J connectivity index is 1.15. The Bertz CT molecular complexity index is 1310. The first-order valence-corrected chi connectivity index (χ1v) is 19.3. The van der Waals surface area contributed by atoms with Gasteiger partial charge in [-0.2, -0.15) is 0 Å². The minimum Gasteiger partial charge on any atom is -0.393 e. The molecule has 4 aliphatic rings. The van der Waals surface area contributed by atoms with Crippen LogP contribution in [0.25, 0.3) is 0 Å². The molecule has 0 unspecified atom stereocenters. The fraction of sp³-hybridized carbons (Fsp3) is 0.811. The summed E-state index contributed by atoms with van der Waals surface area (Å²) >= 11 is 0. The van der Waals surface area contributed by atoms with Crippen molar-refractivity contribution >= 4 is 16.1 Å². The summed E-state index contributed by atoms with van der Waals surface area (Å²) in [6.07, 6.45) is 9.81. The Hall–Kier alpha value is -1.64. The van der Waals surface area contributed by atoms with Gasteiger partial charge in [-0.1, -0.05) is 67.0 Å². The second kappa shape index (κ2) is 12.8. The van der Waals surface area contributed by atoms with E-state index in [0.717, 1.165) is 44.1 Å². The molecule has 2 amide bonds. The fourth-order valence-corrected chi connectivity index (χ4v) is 12.0. The molecule has 1 aromatic rings. The molecule has 11 atom stereocenters. The molecule has 0 aliphatic heterocycles. The van der Waals surface area contributed by atoms with Gasteiger partial charge >= 0.3 is 6.03 Å². The van der Waals surface area contributed by atoms with Gasteiger partial charge in [-0.25, -0.2) is 17.9 Å². The van der Waals surface area contributed by atoms with E-state index in [1.54, 1.807) is 24.3 Å². The maximum atomic E-state index is 12.8. The van der Waals surface area contributed by atoms with Crippen LogP contribution in [0.3, 0.4) is 0 Å². The van der Waals surface area contributed by atoms with Gasteiger partial charge in [0.25, 0.3) is 10.0 Å². The summed E-state index contributed by atoms with van der Waals surface area (Å²) in [6, 6.07) is 6.00. The first-order chi connectivity index (χ1) is 21.0. The number of hydrogen-bond acceptors (Lipinski definition) is 5. The van der Waals surface area contributed by atoms with Crippen LogP contribution in [0.5, 0.6) is 0 Å². The molecule has 7 nitrogen and oxygen atoms in total. The second-order valence-electron chi connectivity index (χ2n) is 16.9. The van der Waals surface area contributed by atoms with E-state index >= 15 is 0 Å². The second-order valence-corrected chi connectivity index (χ2v) is 18.6. The largest absolute Gasteiger partial charge is 0.393 e. The molecule has 1 aromatic carbocycles. The number of rotatable bonds is 8. The third-order valence-corrected chi connectivity index (χ3v) is 14.9. The topological polar surface area (TPSA) is 116 Å². The van der Waals surface area contributed by atoms with Crippen molar-refractivity contribution in [3.63, 3.8) is 0 Å².